The van der Waals surface area contributed by atoms with Gasteiger partial charge >= 0.3 is 29.6 Å². The Balaban J connectivity index is 0. The molecule has 9 heteroatoms. The van der Waals surface area contributed by atoms with Crippen molar-refractivity contribution in [2.24, 2.45) is 5.41 Å². The van der Waals surface area contributed by atoms with Gasteiger partial charge in [-0.25, -0.2) is 8.42 Å². The summed E-state index contributed by atoms with van der Waals surface area (Å²) in [6, 6.07) is 0. The van der Waals surface area contributed by atoms with Crippen LogP contribution in [-0.2, 0) is 19.7 Å². The Hall–Kier alpha value is -0.280. The second-order valence-corrected chi connectivity index (χ2v) is 8.89. The first-order valence-electron chi connectivity index (χ1n) is 10.4. The van der Waals surface area contributed by atoms with E-state index in [4.69, 9.17) is 0 Å². The van der Waals surface area contributed by atoms with Crippen molar-refractivity contribution < 1.29 is 62.3 Å². The largest absolute Gasteiger partial charge is 1.00 e. The molecule has 0 radical (unpaired) electrons. The molecule has 0 saturated carbocycles. The van der Waals surface area contributed by atoms with Crippen LogP contribution >= 0.6 is 0 Å². The molecule has 0 rings (SSSR count). The molecule has 3 N–H and O–H groups in total. The van der Waals surface area contributed by atoms with Gasteiger partial charge in [-0.3, -0.25) is 9.59 Å². The molecule has 29 heavy (non-hydrogen) atoms. The van der Waals surface area contributed by atoms with Crippen molar-refractivity contribution in [1.82, 2.24) is 0 Å². The summed E-state index contributed by atoms with van der Waals surface area (Å²) in [7, 11) is -5.13. The monoisotopic (exact) mass is 444 g/mol. The standard InChI is InChI=1S/C20H37O7S.Na/c1-3-5-7-9-11-13-15-20(19(23)24,16-14-12-10-8-6-4-2)17(18(21)22)28(25,26)27;/h3-16H2,1-2H3,(H,21,22)(H,23,24)(H,25,26,27);/q-1;+1. The number of hydrogen-bond acceptors (Lipinski definition) is 4. The van der Waals surface area contributed by atoms with Crippen LogP contribution in [0.15, 0.2) is 0 Å². The molecule has 0 aromatic carbocycles. The number of carboxylic acid groups (broad SMARTS) is 2. The van der Waals surface area contributed by atoms with Crippen molar-refractivity contribution in [2.75, 3.05) is 0 Å². The Morgan fingerprint density at radius 1 is 0.759 bits per heavy atom. The number of carbonyl (C=O) groups is 2. The zero-order valence-corrected chi connectivity index (χ0v) is 21.1. The van der Waals surface area contributed by atoms with E-state index in [0.717, 1.165) is 51.4 Å². The second-order valence-electron chi connectivity index (χ2n) is 7.53. The molecular formula is C20H37NaO7S. The molecule has 7 nitrogen and oxygen atoms in total. The first kappa shape index (κ1) is 30.9. The van der Waals surface area contributed by atoms with Gasteiger partial charge in [0.2, 0.25) is 0 Å². The summed E-state index contributed by atoms with van der Waals surface area (Å²) in [4.78, 5) is 23.7. The molecule has 0 spiro atoms. The van der Waals surface area contributed by atoms with E-state index >= 15 is 0 Å². The minimum absolute atomic E-state index is 0. The predicted octanol–water partition coefficient (Wildman–Crippen LogP) is 2.07. The van der Waals surface area contributed by atoms with Crippen molar-refractivity contribution in [2.45, 2.75) is 104 Å². The second kappa shape index (κ2) is 16.4. The molecule has 0 unspecified atom stereocenters. The summed E-state index contributed by atoms with van der Waals surface area (Å²) < 4.78 is 33.0. The number of aliphatic carboxylic acids is 2. The van der Waals surface area contributed by atoms with Gasteiger partial charge in [0, 0.05) is 0 Å². The van der Waals surface area contributed by atoms with E-state index in [-0.39, 0.29) is 42.4 Å². The van der Waals surface area contributed by atoms with Crippen LogP contribution in [0.3, 0.4) is 0 Å². The number of unbranched alkanes of at least 4 members (excludes halogenated alkanes) is 10. The van der Waals surface area contributed by atoms with Crippen molar-refractivity contribution in [3.8, 4) is 0 Å². The van der Waals surface area contributed by atoms with Crippen molar-refractivity contribution >= 4 is 22.1 Å². The van der Waals surface area contributed by atoms with Gasteiger partial charge in [-0.15, -0.1) is 5.25 Å². The van der Waals surface area contributed by atoms with Gasteiger partial charge in [0.1, 0.15) is 0 Å². The summed E-state index contributed by atoms with van der Waals surface area (Å²) >= 11 is 0. The number of rotatable bonds is 18. The van der Waals surface area contributed by atoms with E-state index in [0.29, 0.717) is 25.7 Å². The van der Waals surface area contributed by atoms with Crippen LogP contribution in [0.4, 0.5) is 0 Å². The topological polar surface area (TPSA) is 129 Å². The SMILES string of the molecule is CCCCCCCCC(CCCCCCCC)(C(=O)O)[C-](C(=O)O)S(=O)(=O)O.[Na+]. The molecule has 0 heterocycles. The van der Waals surface area contributed by atoms with Gasteiger partial charge in [0.05, 0.1) is 0 Å². The minimum atomic E-state index is -5.13. The molecule has 0 bridgehead atoms. The maximum absolute atomic E-state index is 12.1. The maximum Gasteiger partial charge on any atom is 1.00 e. The van der Waals surface area contributed by atoms with E-state index in [9.17, 15) is 32.8 Å². The number of hydrogen-bond donors (Lipinski definition) is 3. The van der Waals surface area contributed by atoms with E-state index in [1.54, 1.807) is 0 Å². The van der Waals surface area contributed by atoms with E-state index < -0.39 is 32.7 Å². The summed E-state index contributed by atoms with van der Waals surface area (Å²) in [5.41, 5.74) is -2.09. The van der Waals surface area contributed by atoms with Crippen LogP contribution in [0.2, 0.25) is 0 Å². The third-order valence-electron chi connectivity index (χ3n) is 5.21. The van der Waals surface area contributed by atoms with E-state index in [2.05, 4.69) is 13.8 Å². The van der Waals surface area contributed by atoms with Crippen LogP contribution in [0.25, 0.3) is 0 Å². The summed E-state index contributed by atoms with van der Waals surface area (Å²) in [6.45, 7) is 4.16. The van der Waals surface area contributed by atoms with Gasteiger partial charge in [0.15, 0.2) is 16.1 Å². The molecule has 0 amide bonds. The first-order valence-corrected chi connectivity index (χ1v) is 11.9. The minimum Gasteiger partial charge on any atom is -0.502 e. The van der Waals surface area contributed by atoms with Gasteiger partial charge in [-0.05, 0) is 5.41 Å². The van der Waals surface area contributed by atoms with Crippen LogP contribution in [0.1, 0.15) is 104 Å². The molecule has 166 valence electrons. The molecule has 0 aliphatic rings. The average Bonchev–Trinajstić information content (AvgIpc) is 2.58. The molecule has 0 aliphatic carbocycles. The summed E-state index contributed by atoms with van der Waals surface area (Å²) in [6.07, 6.45) is 10.0. The van der Waals surface area contributed by atoms with Gasteiger partial charge in [-0.1, -0.05) is 104 Å². The Labute approximate surface area is 198 Å². The molecule has 0 saturated heterocycles. The smallest absolute Gasteiger partial charge is 0.502 e. The predicted molar refractivity (Wildman–Crippen MR) is 108 cm³/mol. The zero-order chi connectivity index (χ0) is 21.6. The third-order valence-corrected chi connectivity index (χ3v) is 6.29. The molecule has 0 aliphatic heterocycles. The van der Waals surface area contributed by atoms with E-state index in [1.807, 2.05) is 0 Å². The zero-order valence-electron chi connectivity index (χ0n) is 18.3. The molecule has 0 atom stereocenters. The fraction of sp³-hybridized carbons (Fsp3) is 0.850. The number of carboxylic acids is 2. The molecule has 0 fully saturated rings. The normalized spacial score (nSPS) is 11.7. The van der Waals surface area contributed by atoms with Gasteiger partial charge in [-0.2, -0.15) is 0 Å². The van der Waals surface area contributed by atoms with Crippen LogP contribution < -0.4 is 29.6 Å². The van der Waals surface area contributed by atoms with E-state index in [1.165, 1.54) is 0 Å². The average molecular weight is 445 g/mol. The van der Waals surface area contributed by atoms with Crippen LogP contribution in [0.5, 0.6) is 0 Å². The van der Waals surface area contributed by atoms with Crippen molar-refractivity contribution in [3.63, 3.8) is 0 Å². The Morgan fingerprint density at radius 2 is 1.10 bits per heavy atom. The quantitative estimate of drug-likeness (QED) is 0.128. The summed E-state index contributed by atoms with van der Waals surface area (Å²) in [5, 5.41) is 17.9. The van der Waals surface area contributed by atoms with Crippen molar-refractivity contribution in [3.05, 3.63) is 5.25 Å². The first-order chi connectivity index (χ1) is 13.1. The van der Waals surface area contributed by atoms with Gasteiger partial charge in [0.25, 0.3) is 5.97 Å². The Morgan fingerprint density at radius 3 is 1.38 bits per heavy atom. The summed E-state index contributed by atoms with van der Waals surface area (Å²) in [5.74, 6) is -3.38. The fourth-order valence-electron chi connectivity index (χ4n) is 3.64. The van der Waals surface area contributed by atoms with Gasteiger partial charge < -0.3 is 14.8 Å². The fourth-order valence-corrected chi connectivity index (χ4v) is 4.65. The maximum atomic E-state index is 12.1. The molecule has 0 aromatic heterocycles. The third kappa shape index (κ3) is 11.6. The van der Waals surface area contributed by atoms with Crippen LogP contribution in [0, 0.1) is 10.7 Å². The molecule has 0 aromatic rings. The van der Waals surface area contributed by atoms with Crippen LogP contribution in [-0.4, -0.2) is 35.1 Å². The molecular weight excluding hydrogens is 407 g/mol. The van der Waals surface area contributed by atoms with Crippen molar-refractivity contribution in [1.29, 1.82) is 0 Å². The Bertz CT molecular complexity index is 547. The Kier molecular flexibility index (Phi) is 17.5.